The minimum Gasteiger partial charge on any atom is -0.317 e. The van der Waals surface area contributed by atoms with Crippen LogP contribution in [0.4, 0.5) is 0 Å². The quantitative estimate of drug-likeness (QED) is 0.500. The summed E-state index contributed by atoms with van der Waals surface area (Å²) >= 11 is 0. The minimum absolute atomic E-state index is 0.593. The highest BCUT2D eigenvalue weighted by molar-refractivity contribution is 4.85. The van der Waals surface area contributed by atoms with Crippen molar-refractivity contribution in [3.8, 4) is 0 Å². The van der Waals surface area contributed by atoms with E-state index >= 15 is 0 Å². The average molecular weight is 282 g/mol. The third kappa shape index (κ3) is 7.11. The largest absolute Gasteiger partial charge is 0.317 e. The lowest BCUT2D eigenvalue weighted by atomic mass is 9.66. The van der Waals surface area contributed by atoms with Crippen molar-refractivity contribution in [3.05, 3.63) is 0 Å². The fourth-order valence-corrected chi connectivity index (χ4v) is 3.91. The SMILES string of the molecule is CCCCCCCCC1CC(C)(C)CCC1CNCC. The predicted octanol–water partition coefficient (Wildman–Crippen LogP) is 5.79. The van der Waals surface area contributed by atoms with Gasteiger partial charge in [0, 0.05) is 0 Å². The zero-order valence-electron chi connectivity index (χ0n) is 14.6. The standard InChI is InChI=1S/C19H39N/c1-5-7-8-9-10-11-12-17-15-19(3,4)14-13-18(17)16-20-6-2/h17-18,20H,5-16H2,1-4H3. The molecule has 1 aliphatic rings. The Morgan fingerprint density at radius 3 is 2.35 bits per heavy atom. The Labute approximate surface area is 128 Å². The first-order chi connectivity index (χ1) is 9.59. The van der Waals surface area contributed by atoms with Gasteiger partial charge in [-0.15, -0.1) is 0 Å². The van der Waals surface area contributed by atoms with Crippen LogP contribution < -0.4 is 5.32 Å². The first kappa shape index (κ1) is 18.0. The molecular formula is C19H39N. The lowest BCUT2D eigenvalue weighted by molar-refractivity contribution is 0.108. The van der Waals surface area contributed by atoms with Crippen molar-refractivity contribution in [1.29, 1.82) is 0 Å². The van der Waals surface area contributed by atoms with E-state index in [-0.39, 0.29) is 0 Å². The van der Waals surface area contributed by atoms with Crippen molar-refractivity contribution in [2.75, 3.05) is 13.1 Å². The number of hydrogen-bond donors (Lipinski definition) is 1. The van der Waals surface area contributed by atoms with Crippen molar-refractivity contribution in [2.24, 2.45) is 17.3 Å². The van der Waals surface area contributed by atoms with Crippen molar-refractivity contribution in [2.45, 2.75) is 91.9 Å². The van der Waals surface area contributed by atoms with Gasteiger partial charge in [-0.1, -0.05) is 72.6 Å². The predicted molar refractivity (Wildman–Crippen MR) is 91.1 cm³/mol. The van der Waals surface area contributed by atoms with Crippen LogP contribution in [0.5, 0.6) is 0 Å². The summed E-state index contributed by atoms with van der Waals surface area (Å²) in [4.78, 5) is 0. The molecule has 0 aliphatic heterocycles. The zero-order chi connectivity index (χ0) is 14.8. The van der Waals surface area contributed by atoms with Crippen molar-refractivity contribution in [3.63, 3.8) is 0 Å². The Bertz CT molecular complexity index is 234. The number of unbranched alkanes of at least 4 members (excludes halogenated alkanes) is 5. The highest BCUT2D eigenvalue weighted by Gasteiger charge is 2.33. The molecule has 0 aromatic carbocycles. The zero-order valence-corrected chi connectivity index (χ0v) is 14.6. The topological polar surface area (TPSA) is 12.0 Å². The first-order valence-corrected chi connectivity index (χ1v) is 9.29. The first-order valence-electron chi connectivity index (χ1n) is 9.29. The summed E-state index contributed by atoms with van der Waals surface area (Å²) in [6, 6.07) is 0. The summed E-state index contributed by atoms with van der Waals surface area (Å²) in [6.07, 6.45) is 14.4. The van der Waals surface area contributed by atoms with Crippen molar-refractivity contribution in [1.82, 2.24) is 5.32 Å². The Morgan fingerprint density at radius 1 is 0.950 bits per heavy atom. The molecule has 1 fully saturated rings. The summed E-state index contributed by atoms with van der Waals surface area (Å²) in [5, 5.41) is 3.59. The van der Waals surface area contributed by atoms with E-state index in [0.717, 1.165) is 18.4 Å². The molecule has 0 aromatic rings. The molecule has 0 bridgehead atoms. The Hall–Kier alpha value is -0.0400. The molecule has 0 saturated heterocycles. The summed E-state index contributed by atoms with van der Waals surface area (Å²) in [5.41, 5.74) is 0.593. The van der Waals surface area contributed by atoms with Crippen LogP contribution in [-0.2, 0) is 0 Å². The van der Waals surface area contributed by atoms with Crippen LogP contribution in [-0.4, -0.2) is 13.1 Å². The van der Waals surface area contributed by atoms with Crippen molar-refractivity contribution >= 4 is 0 Å². The van der Waals surface area contributed by atoms with E-state index in [4.69, 9.17) is 0 Å². The van der Waals surface area contributed by atoms with E-state index in [0.29, 0.717) is 5.41 Å². The van der Waals surface area contributed by atoms with Gasteiger partial charge in [-0.25, -0.2) is 0 Å². The number of nitrogens with one attached hydrogen (secondary N) is 1. The van der Waals surface area contributed by atoms with E-state index in [1.165, 1.54) is 70.8 Å². The van der Waals surface area contributed by atoms with E-state index in [9.17, 15) is 0 Å². The third-order valence-corrected chi connectivity index (χ3v) is 5.26. The fraction of sp³-hybridized carbons (Fsp3) is 1.00. The van der Waals surface area contributed by atoms with Crippen molar-refractivity contribution < 1.29 is 0 Å². The molecule has 120 valence electrons. The average Bonchev–Trinajstić information content (AvgIpc) is 2.41. The van der Waals surface area contributed by atoms with Gasteiger partial charge in [0.2, 0.25) is 0 Å². The maximum atomic E-state index is 3.59. The molecule has 2 atom stereocenters. The van der Waals surface area contributed by atoms with Gasteiger partial charge in [-0.3, -0.25) is 0 Å². The van der Waals surface area contributed by atoms with Crippen LogP contribution in [0.1, 0.15) is 91.9 Å². The van der Waals surface area contributed by atoms with Gasteiger partial charge in [0.05, 0.1) is 0 Å². The summed E-state index contributed by atoms with van der Waals surface area (Å²) in [6.45, 7) is 11.9. The third-order valence-electron chi connectivity index (χ3n) is 5.26. The molecule has 0 radical (unpaired) electrons. The smallest absolute Gasteiger partial charge is 0.00180 e. The van der Waals surface area contributed by atoms with E-state index < -0.39 is 0 Å². The fourth-order valence-electron chi connectivity index (χ4n) is 3.91. The summed E-state index contributed by atoms with van der Waals surface area (Å²) in [5.74, 6) is 1.92. The van der Waals surface area contributed by atoms with Crippen LogP contribution in [0.3, 0.4) is 0 Å². The second kappa shape index (κ2) is 9.82. The molecule has 1 heteroatoms. The molecule has 1 aliphatic carbocycles. The lowest BCUT2D eigenvalue weighted by Crippen LogP contribution is -2.36. The van der Waals surface area contributed by atoms with Crippen LogP contribution in [0.15, 0.2) is 0 Å². The second-order valence-corrected chi connectivity index (χ2v) is 7.79. The molecular weight excluding hydrogens is 242 g/mol. The molecule has 20 heavy (non-hydrogen) atoms. The van der Waals surface area contributed by atoms with Gasteiger partial charge >= 0.3 is 0 Å². The molecule has 1 rings (SSSR count). The molecule has 2 unspecified atom stereocenters. The van der Waals surface area contributed by atoms with Gasteiger partial charge in [-0.2, -0.15) is 0 Å². The van der Waals surface area contributed by atoms with Crippen LogP contribution in [0, 0.1) is 17.3 Å². The molecule has 0 aromatic heterocycles. The number of rotatable bonds is 10. The lowest BCUT2D eigenvalue weighted by Gasteiger charge is -2.41. The molecule has 0 amide bonds. The molecule has 1 nitrogen and oxygen atoms in total. The van der Waals surface area contributed by atoms with E-state index in [2.05, 4.69) is 33.0 Å². The van der Waals surface area contributed by atoms with Crippen LogP contribution in [0.25, 0.3) is 0 Å². The maximum Gasteiger partial charge on any atom is -0.00180 e. The number of hydrogen-bond acceptors (Lipinski definition) is 1. The van der Waals surface area contributed by atoms with Crippen LogP contribution >= 0.6 is 0 Å². The maximum absolute atomic E-state index is 3.59. The van der Waals surface area contributed by atoms with E-state index in [1.807, 2.05) is 0 Å². The highest BCUT2D eigenvalue weighted by Crippen LogP contribution is 2.43. The van der Waals surface area contributed by atoms with Gasteiger partial charge in [0.25, 0.3) is 0 Å². The summed E-state index contributed by atoms with van der Waals surface area (Å²) < 4.78 is 0. The molecule has 0 spiro atoms. The van der Waals surface area contributed by atoms with Gasteiger partial charge in [0.15, 0.2) is 0 Å². The van der Waals surface area contributed by atoms with Gasteiger partial charge in [0.1, 0.15) is 0 Å². The Kier molecular flexibility index (Phi) is 8.84. The van der Waals surface area contributed by atoms with Gasteiger partial charge < -0.3 is 5.32 Å². The minimum atomic E-state index is 0.593. The molecule has 1 saturated carbocycles. The van der Waals surface area contributed by atoms with Crippen LogP contribution in [0.2, 0.25) is 0 Å². The van der Waals surface area contributed by atoms with E-state index in [1.54, 1.807) is 0 Å². The van der Waals surface area contributed by atoms with Gasteiger partial charge in [-0.05, 0) is 49.6 Å². The monoisotopic (exact) mass is 281 g/mol. The Morgan fingerprint density at radius 2 is 1.65 bits per heavy atom. The second-order valence-electron chi connectivity index (χ2n) is 7.79. The summed E-state index contributed by atoms with van der Waals surface area (Å²) in [7, 11) is 0. The molecule has 1 N–H and O–H groups in total. The highest BCUT2D eigenvalue weighted by atomic mass is 14.8. The Balaban J connectivity index is 2.28. The molecule has 0 heterocycles. The normalized spacial score (nSPS) is 25.8.